The van der Waals surface area contributed by atoms with Crippen molar-refractivity contribution in [3.8, 4) is 0 Å². The second-order valence-electron chi connectivity index (χ2n) is 2.54. The molecule has 1 aliphatic rings. The first kappa shape index (κ1) is 6.51. The van der Waals surface area contributed by atoms with E-state index in [-0.39, 0.29) is 9.20 Å². The van der Waals surface area contributed by atoms with Crippen LogP contribution in [0.2, 0.25) is 0 Å². The molecule has 3 heteroatoms. The van der Waals surface area contributed by atoms with Gasteiger partial charge in [-0.05, 0) is 18.9 Å². The molecule has 0 aromatic carbocycles. The maximum Gasteiger partial charge on any atom is 0.0725 e. The van der Waals surface area contributed by atoms with E-state index in [1.165, 1.54) is 35.4 Å². The monoisotopic (exact) mass is 145 g/mol. The van der Waals surface area contributed by atoms with E-state index in [4.69, 9.17) is 0 Å². The van der Waals surface area contributed by atoms with Gasteiger partial charge in [0, 0.05) is 9.76 Å². The molecule has 0 saturated heterocycles. The van der Waals surface area contributed by atoms with Crippen LogP contribution in [0, 0.1) is 0 Å². The molecule has 0 amide bonds. The third kappa shape index (κ3) is 1.72. The molecule has 1 fully saturated rings. The van der Waals surface area contributed by atoms with Crippen LogP contribution < -0.4 is 4.98 Å². The fourth-order valence-electron chi connectivity index (χ4n) is 1.42. The van der Waals surface area contributed by atoms with E-state index < -0.39 is 0 Å². The summed E-state index contributed by atoms with van der Waals surface area (Å²) >= 11 is 0. The first-order valence-corrected chi connectivity index (χ1v) is 10.0. The highest BCUT2D eigenvalue weighted by molar-refractivity contribution is 6.87. The van der Waals surface area contributed by atoms with Crippen LogP contribution in [0.15, 0.2) is 0 Å². The zero-order chi connectivity index (χ0) is 5.82. The van der Waals surface area contributed by atoms with Gasteiger partial charge in [0.15, 0.2) is 0 Å². The Morgan fingerprint density at radius 2 is 2.00 bits per heavy atom. The summed E-state index contributed by atoms with van der Waals surface area (Å²) < 4.78 is 0. The van der Waals surface area contributed by atoms with Crippen molar-refractivity contribution in [1.82, 2.24) is 4.98 Å². The highest BCUT2D eigenvalue weighted by atomic mass is 29.1. The summed E-state index contributed by atoms with van der Waals surface area (Å²) in [5.41, 5.74) is 0. The summed E-state index contributed by atoms with van der Waals surface area (Å²) in [6, 6.07) is 0.958. The Bertz CT molecular complexity index is 61.4. The second-order valence-corrected chi connectivity index (χ2v) is 5.78. The Kier molecular flexibility index (Phi) is 2.79. The minimum Gasteiger partial charge on any atom is -0.343 e. The molecule has 0 spiro atoms. The Morgan fingerprint density at radius 1 is 1.38 bits per heavy atom. The lowest BCUT2D eigenvalue weighted by Gasteiger charge is -2.07. The van der Waals surface area contributed by atoms with E-state index in [1.807, 2.05) is 0 Å². The maximum atomic E-state index is 3.65. The molecule has 1 nitrogen and oxygen atoms in total. The molecule has 0 heterocycles. The van der Waals surface area contributed by atoms with E-state index >= 15 is 0 Å². The first-order chi connectivity index (χ1) is 3.93. The van der Waals surface area contributed by atoms with Crippen LogP contribution in [0.4, 0.5) is 0 Å². The smallest absolute Gasteiger partial charge is 0.0725 e. The van der Waals surface area contributed by atoms with Crippen LogP contribution in [0.1, 0.15) is 25.7 Å². The van der Waals surface area contributed by atoms with E-state index in [2.05, 4.69) is 4.98 Å². The summed E-state index contributed by atoms with van der Waals surface area (Å²) in [5.74, 6) is 0. The van der Waals surface area contributed by atoms with E-state index in [0.717, 1.165) is 6.04 Å². The summed E-state index contributed by atoms with van der Waals surface area (Å²) in [6.07, 6.45) is 5.89. The Balaban J connectivity index is 2.06. The normalized spacial score (nSPS) is 24.0. The molecule has 0 aliphatic heterocycles. The van der Waals surface area contributed by atoms with Gasteiger partial charge < -0.3 is 4.98 Å². The second kappa shape index (κ2) is 3.43. The van der Waals surface area contributed by atoms with Crippen molar-refractivity contribution >= 4 is 19.0 Å². The molecule has 48 valence electrons. The molecule has 1 rings (SSSR count). The van der Waals surface area contributed by atoms with Crippen molar-refractivity contribution < 1.29 is 0 Å². The molecular formula is C5H15NSi2. The van der Waals surface area contributed by atoms with Crippen molar-refractivity contribution in [1.29, 1.82) is 0 Å². The van der Waals surface area contributed by atoms with Gasteiger partial charge >= 0.3 is 0 Å². The van der Waals surface area contributed by atoms with E-state index in [0.29, 0.717) is 0 Å². The average Bonchev–Trinajstić information content (AvgIpc) is 2.19. The van der Waals surface area contributed by atoms with Crippen LogP contribution in [-0.2, 0) is 0 Å². The molecule has 1 N–H and O–H groups in total. The van der Waals surface area contributed by atoms with E-state index in [1.54, 1.807) is 0 Å². The SMILES string of the molecule is [SiH3][SiH2]NC1CCCC1. The van der Waals surface area contributed by atoms with Crippen LogP contribution in [-0.4, -0.2) is 25.0 Å². The van der Waals surface area contributed by atoms with Gasteiger partial charge in [0.2, 0.25) is 0 Å². The maximum absolute atomic E-state index is 3.65. The average molecular weight is 145 g/mol. The van der Waals surface area contributed by atoms with E-state index in [9.17, 15) is 0 Å². The molecule has 0 radical (unpaired) electrons. The van der Waals surface area contributed by atoms with Gasteiger partial charge in [-0.15, -0.1) is 0 Å². The van der Waals surface area contributed by atoms with Crippen molar-refractivity contribution in [3.63, 3.8) is 0 Å². The van der Waals surface area contributed by atoms with Crippen LogP contribution in [0.3, 0.4) is 0 Å². The molecule has 0 aromatic rings. The molecule has 8 heavy (non-hydrogen) atoms. The molecule has 1 aliphatic carbocycles. The third-order valence-corrected chi connectivity index (χ3v) is 4.06. The Hall–Kier alpha value is 0.394. The largest absolute Gasteiger partial charge is 0.343 e. The lowest BCUT2D eigenvalue weighted by atomic mass is 10.3. The van der Waals surface area contributed by atoms with Crippen molar-refractivity contribution in [2.45, 2.75) is 31.7 Å². The number of rotatable bonds is 2. The highest BCUT2D eigenvalue weighted by Gasteiger charge is 2.11. The molecule has 0 aromatic heterocycles. The third-order valence-electron chi connectivity index (χ3n) is 1.85. The van der Waals surface area contributed by atoms with Crippen molar-refractivity contribution in [3.05, 3.63) is 0 Å². The molecule has 0 unspecified atom stereocenters. The van der Waals surface area contributed by atoms with Gasteiger partial charge in [-0.1, -0.05) is 12.8 Å². The van der Waals surface area contributed by atoms with Gasteiger partial charge in [0.25, 0.3) is 0 Å². The first-order valence-electron chi connectivity index (χ1n) is 3.67. The fourth-order valence-corrected chi connectivity index (χ4v) is 4.14. The highest BCUT2D eigenvalue weighted by Crippen LogP contribution is 2.16. The topological polar surface area (TPSA) is 12.0 Å². The van der Waals surface area contributed by atoms with Crippen molar-refractivity contribution in [2.24, 2.45) is 0 Å². The van der Waals surface area contributed by atoms with Crippen LogP contribution in [0.25, 0.3) is 0 Å². The van der Waals surface area contributed by atoms with Crippen LogP contribution >= 0.6 is 0 Å². The fraction of sp³-hybridized carbons (Fsp3) is 1.00. The summed E-state index contributed by atoms with van der Waals surface area (Å²) in [6.45, 7) is 0. The predicted octanol–water partition coefficient (Wildman–Crippen LogP) is -1.12. The summed E-state index contributed by atoms with van der Waals surface area (Å²) in [7, 11) is 1.73. The summed E-state index contributed by atoms with van der Waals surface area (Å²) in [4.78, 5) is 3.65. The quantitative estimate of drug-likeness (QED) is 0.486. The molecular weight excluding hydrogens is 130 g/mol. The Morgan fingerprint density at radius 3 is 2.50 bits per heavy atom. The molecule has 0 atom stereocenters. The van der Waals surface area contributed by atoms with Gasteiger partial charge in [-0.2, -0.15) is 0 Å². The van der Waals surface area contributed by atoms with Crippen LogP contribution in [0.5, 0.6) is 0 Å². The standard InChI is InChI=1S/C5H15NSi2/c7-8-6-5-3-1-2-4-5/h5-6H,1-4,8H2,7H3. The predicted molar refractivity (Wildman–Crippen MR) is 43.9 cm³/mol. The number of hydrogen-bond donors (Lipinski definition) is 1. The molecule has 1 saturated carbocycles. The minimum atomic E-state index is 0.273. The lowest BCUT2D eigenvalue weighted by molar-refractivity contribution is 0.648. The van der Waals surface area contributed by atoms with Gasteiger partial charge in [-0.3, -0.25) is 0 Å². The van der Waals surface area contributed by atoms with Gasteiger partial charge in [-0.25, -0.2) is 0 Å². The number of hydrogen-bond acceptors (Lipinski definition) is 1. The van der Waals surface area contributed by atoms with Crippen molar-refractivity contribution in [2.75, 3.05) is 0 Å². The number of nitrogens with one attached hydrogen (secondary N) is 1. The summed E-state index contributed by atoms with van der Waals surface area (Å²) in [5, 5.41) is 0. The zero-order valence-electron chi connectivity index (χ0n) is 5.61. The lowest BCUT2D eigenvalue weighted by Crippen LogP contribution is -2.29. The molecule has 0 bridgehead atoms. The van der Waals surface area contributed by atoms with Gasteiger partial charge in [0.05, 0.1) is 9.20 Å². The van der Waals surface area contributed by atoms with Gasteiger partial charge in [0.1, 0.15) is 0 Å². The Labute approximate surface area is 56.4 Å². The zero-order valence-corrected chi connectivity index (χ0v) is 9.03. The minimum absolute atomic E-state index is 0.273.